The van der Waals surface area contributed by atoms with Crippen molar-refractivity contribution >= 4 is 32.5 Å². The molecule has 0 spiro atoms. The van der Waals surface area contributed by atoms with Gasteiger partial charge in [0.2, 0.25) is 0 Å². The zero-order valence-corrected chi connectivity index (χ0v) is 18.1. The molecule has 0 bridgehead atoms. The SMILES string of the molecule is CC1CC(c2nc3c(F)cccc3s2)CCN1C[C@H](O)COc1cccc2occc12. The topological polar surface area (TPSA) is 58.7 Å². The first-order chi connectivity index (χ1) is 15.1. The Morgan fingerprint density at radius 2 is 2.16 bits per heavy atom. The summed E-state index contributed by atoms with van der Waals surface area (Å²) in [5.74, 6) is 0.801. The maximum Gasteiger partial charge on any atom is 0.150 e. The highest BCUT2D eigenvalue weighted by molar-refractivity contribution is 7.18. The van der Waals surface area contributed by atoms with Crippen LogP contribution in [0.1, 0.15) is 30.7 Å². The van der Waals surface area contributed by atoms with Crippen LogP contribution in [0, 0.1) is 5.82 Å². The molecule has 1 aliphatic heterocycles. The molecule has 162 valence electrons. The van der Waals surface area contributed by atoms with Gasteiger partial charge in [0, 0.05) is 18.5 Å². The summed E-state index contributed by atoms with van der Waals surface area (Å²) in [5.41, 5.74) is 1.26. The second-order valence-electron chi connectivity index (χ2n) is 8.26. The second-order valence-corrected chi connectivity index (χ2v) is 9.32. The van der Waals surface area contributed by atoms with E-state index < -0.39 is 6.10 Å². The van der Waals surface area contributed by atoms with Gasteiger partial charge in [0.15, 0.2) is 0 Å². The maximum absolute atomic E-state index is 14.0. The van der Waals surface area contributed by atoms with Crippen LogP contribution in [0.5, 0.6) is 5.75 Å². The zero-order chi connectivity index (χ0) is 21.4. The molecular formula is C24H25FN2O3S. The lowest BCUT2D eigenvalue weighted by Gasteiger charge is -2.38. The number of benzene rings is 2. The number of hydrogen-bond donors (Lipinski definition) is 1. The number of furan rings is 1. The minimum Gasteiger partial charge on any atom is -0.490 e. The highest BCUT2D eigenvalue weighted by atomic mass is 32.1. The Hall–Kier alpha value is -2.48. The van der Waals surface area contributed by atoms with Crippen LogP contribution in [-0.4, -0.2) is 46.8 Å². The van der Waals surface area contributed by atoms with Gasteiger partial charge in [-0.25, -0.2) is 9.37 Å². The number of para-hydroxylation sites is 1. The zero-order valence-electron chi connectivity index (χ0n) is 17.3. The molecule has 3 heterocycles. The summed E-state index contributed by atoms with van der Waals surface area (Å²) in [5, 5.41) is 12.5. The number of piperidine rings is 1. The third kappa shape index (κ3) is 4.18. The summed E-state index contributed by atoms with van der Waals surface area (Å²) >= 11 is 1.60. The summed E-state index contributed by atoms with van der Waals surface area (Å²) in [6, 6.07) is 13.0. The molecule has 2 aromatic heterocycles. The van der Waals surface area contributed by atoms with Gasteiger partial charge in [-0.05, 0) is 56.6 Å². The number of ether oxygens (including phenoxy) is 1. The molecule has 1 fully saturated rings. The largest absolute Gasteiger partial charge is 0.490 e. The Morgan fingerprint density at radius 3 is 3.00 bits per heavy atom. The van der Waals surface area contributed by atoms with Gasteiger partial charge < -0.3 is 14.3 Å². The van der Waals surface area contributed by atoms with Gasteiger partial charge in [0.1, 0.15) is 35.4 Å². The van der Waals surface area contributed by atoms with Crippen molar-refractivity contribution in [3.8, 4) is 5.75 Å². The van der Waals surface area contributed by atoms with Crippen LogP contribution < -0.4 is 4.74 Å². The summed E-state index contributed by atoms with van der Waals surface area (Å²) < 4.78 is 26.2. The predicted molar refractivity (Wildman–Crippen MR) is 120 cm³/mol. The van der Waals surface area contributed by atoms with Crippen LogP contribution in [-0.2, 0) is 0 Å². The summed E-state index contributed by atoms with van der Waals surface area (Å²) in [6.45, 7) is 3.84. The van der Waals surface area contributed by atoms with E-state index in [1.54, 1.807) is 23.7 Å². The number of aliphatic hydroxyl groups is 1. The molecular weight excluding hydrogens is 415 g/mol. The molecule has 1 aliphatic rings. The fourth-order valence-corrected chi connectivity index (χ4v) is 5.55. The number of likely N-dealkylation sites (tertiary alicyclic amines) is 1. The number of hydrogen-bond acceptors (Lipinski definition) is 6. The molecule has 7 heteroatoms. The predicted octanol–water partition coefficient (Wildman–Crippen LogP) is 5.19. The summed E-state index contributed by atoms with van der Waals surface area (Å²) in [4.78, 5) is 6.89. The molecule has 5 nitrogen and oxygen atoms in total. The summed E-state index contributed by atoms with van der Waals surface area (Å²) in [6.07, 6.45) is 2.95. The quantitative estimate of drug-likeness (QED) is 0.447. The van der Waals surface area contributed by atoms with Gasteiger partial charge in [0.25, 0.3) is 0 Å². The fourth-order valence-electron chi connectivity index (χ4n) is 4.42. The van der Waals surface area contributed by atoms with Crippen LogP contribution in [0.2, 0.25) is 0 Å². The molecule has 1 saturated heterocycles. The second kappa shape index (κ2) is 8.57. The highest BCUT2D eigenvalue weighted by Gasteiger charge is 2.29. The van der Waals surface area contributed by atoms with E-state index in [2.05, 4.69) is 16.8 Å². The Kier molecular flexibility index (Phi) is 5.65. The molecule has 5 rings (SSSR count). The molecule has 2 unspecified atom stereocenters. The number of halogens is 1. The van der Waals surface area contributed by atoms with Crippen molar-refractivity contribution in [1.82, 2.24) is 9.88 Å². The smallest absolute Gasteiger partial charge is 0.150 e. The van der Waals surface area contributed by atoms with E-state index in [4.69, 9.17) is 9.15 Å². The normalized spacial score (nSPS) is 21.0. The Bertz CT molecular complexity index is 1190. The molecule has 2 aromatic carbocycles. The molecule has 0 aliphatic carbocycles. The lowest BCUT2D eigenvalue weighted by atomic mass is 9.92. The lowest BCUT2D eigenvalue weighted by molar-refractivity contribution is 0.0405. The molecule has 4 aromatic rings. The molecule has 31 heavy (non-hydrogen) atoms. The molecule has 0 saturated carbocycles. The molecule has 1 N–H and O–H groups in total. The van der Waals surface area contributed by atoms with Crippen LogP contribution >= 0.6 is 11.3 Å². The maximum atomic E-state index is 14.0. The van der Waals surface area contributed by atoms with E-state index >= 15 is 0 Å². The third-order valence-electron chi connectivity index (χ3n) is 6.08. The van der Waals surface area contributed by atoms with Crippen molar-refractivity contribution in [1.29, 1.82) is 0 Å². The van der Waals surface area contributed by atoms with Crippen molar-refractivity contribution in [2.45, 2.75) is 37.8 Å². The number of thiazole rings is 1. The number of aliphatic hydroxyl groups excluding tert-OH is 1. The molecule has 0 radical (unpaired) electrons. The van der Waals surface area contributed by atoms with Gasteiger partial charge in [-0.1, -0.05) is 12.1 Å². The van der Waals surface area contributed by atoms with Gasteiger partial charge in [-0.3, -0.25) is 4.90 Å². The van der Waals surface area contributed by atoms with Crippen molar-refractivity contribution in [3.05, 3.63) is 59.6 Å². The average molecular weight is 441 g/mol. The van der Waals surface area contributed by atoms with Gasteiger partial charge in [-0.15, -0.1) is 11.3 Å². The van der Waals surface area contributed by atoms with Crippen LogP contribution in [0.25, 0.3) is 21.2 Å². The third-order valence-corrected chi connectivity index (χ3v) is 7.26. The minimum atomic E-state index is -0.585. The van der Waals surface area contributed by atoms with Crippen molar-refractivity contribution < 1.29 is 18.7 Å². The van der Waals surface area contributed by atoms with E-state index in [1.807, 2.05) is 30.3 Å². The number of aromatic nitrogens is 1. The van der Waals surface area contributed by atoms with E-state index in [1.165, 1.54) is 6.07 Å². The number of fused-ring (bicyclic) bond motifs is 2. The van der Waals surface area contributed by atoms with Crippen molar-refractivity contribution in [2.75, 3.05) is 19.7 Å². The van der Waals surface area contributed by atoms with Crippen molar-refractivity contribution in [2.24, 2.45) is 0 Å². The van der Waals surface area contributed by atoms with E-state index in [9.17, 15) is 9.50 Å². The van der Waals surface area contributed by atoms with E-state index in [0.717, 1.165) is 45.8 Å². The average Bonchev–Trinajstić information content (AvgIpc) is 3.41. The lowest BCUT2D eigenvalue weighted by Crippen LogP contribution is -2.45. The first-order valence-corrected chi connectivity index (χ1v) is 11.5. The summed E-state index contributed by atoms with van der Waals surface area (Å²) in [7, 11) is 0. The first kappa shape index (κ1) is 20.4. The Labute approximate surface area is 184 Å². The van der Waals surface area contributed by atoms with Crippen LogP contribution in [0.15, 0.2) is 53.1 Å². The van der Waals surface area contributed by atoms with Crippen LogP contribution in [0.3, 0.4) is 0 Å². The Morgan fingerprint density at radius 1 is 1.29 bits per heavy atom. The van der Waals surface area contributed by atoms with Crippen LogP contribution in [0.4, 0.5) is 4.39 Å². The standard InChI is InChI=1S/C24H25FN2O3S/c1-15-12-16(24-26-23-19(25)4-2-7-22(23)31-24)8-10-27(15)13-17(28)14-30-21-6-3-5-20-18(21)9-11-29-20/h2-7,9,11,15-17,28H,8,10,12-14H2,1H3/t15?,16?,17-/m0/s1. The van der Waals surface area contributed by atoms with Gasteiger partial charge >= 0.3 is 0 Å². The fraction of sp³-hybridized carbons (Fsp3) is 0.375. The molecule has 0 amide bonds. The van der Waals surface area contributed by atoms with E-state index in [0.29, 0.717) is 24.0 Å². The van der Waals surface area contributed by atoms with Gasteiger partial charge in [-0.2, -0.15) is 0 Å². The van der Waals surface area contributed by atoms with E-state index in [-0.39, 0.29) is 12.4 Å². The minimum absolute atomic E-state index is 0.230. The van der Waals surface area contributed by atoms with Crippen molar-refractivity contribution in [3.63, 3.8) is 0 Å². The first-order valence-electron chi connectivity index (χ1n) is 10.6. The molecule has 3 atom stereocenters. The number of nitrogens with zero attached hydrogens (tertiary/aromatic N) is 2. The highest BCUT2D eigenvalue weighted by Crippen LogP contribution is 2.36. The number of rotatable bonds is 6. The monoisotopic (exact) mass is 440 g/mol. The number of β-amino-alcohol motifs (C(OH)–C–C–N with tert-alkyl or cyclic N) is 1. The van der Waals surface area contributed by atoms with Gasteiger partial charge in [0.05, 0.1) is 21.4 Å². The Balaban J connectivity index is 1.18.